The zero-order valence-corrected chi connectivity index (χ0v) is 18.6. The summed E-state index contributed by atoms with van der Waals surface area (Å²) < 4.78 is 5.46. The number of hydrogen-bond acceptors (Lipinski definition) is 3. The van der Waals surface area contributed by atoms with E-state index in [0.717, 1.165) is 18.4 Å². The Labute approximate surface area is 194 Å². The summed E-state index contributed by atoms with van der Waals surface area (Å²) in [6.07, 6.45) is 21.4. The van der Waals surface area contributed by atoms with Crippen molar-refractivity contribution in [1.29, 1.82) is 0 Å². The maximum Gasteiger partial charge on any atom is 0.303 e. The van der Waals surface area contributed by atoms with E-state index in [2.05, 4.69) is 54.7 Å². The van der Waals surface area contributed by atoms with Gasteiger partial charge in [-0.2, -0.15) is 0 Å². The molecule has 166 valence electrons. The molecule has 33 heavy (non-hydrogen) atoms. The number of allylic oxidation sites excluding steroid dienone is 10. The molecule has 1 heterocycles. The Morgan fingerprint density at radius 1 is 1.06 bits per heavy atom. The Balaban J connectivity index is 1.36. The molecule has 6 atom stereocenters. The van der Waals surface area contributed by atoms with E-state index in [1.54, 1.807) is 0 Å². The van der Waals surface area contributed by atoms with Gasteiger partial charge in [-0.15, -0.1) is 0 Å². The molecular formula is C29H27NO3. The third-order valence-corrected chi connectivity index (χ3v) is 7.65. The highest BCUT2D eigenvalue weighted by atomic mass is 16.6. The van der Waals surface area contributed by atoms with Gasteiger partial charge in [0.2, 0.25) is 6.10 Å². The molecule has 1 saturated heterocycles. The minimum atomic E-state index is -0.755. The zero-order valence-electron chi connectivity index (χ0n) is 18.6. The molecule has 5 aliphatic rings. The molecule has 0 spiro atoms. The normalized spacial score (nSPS) is 33.7. The third kappa shape index (κ3) is 3.19. The van der Waals surface area contributed by atoms with Crippen LogP contribution in [-0.2, 0) is 14.3 Å². The number of carbonyl (C=O) groups is 2. The van der Waals surface area contributed by atoms with Crippen LogP contribution in [0.2, 0.25) is 0 Å². The molecule has 1 aromatic rings. The van der Waals surface area contributed by atoms with Gasteiger partial charge >= 0.3 is 5.97 Å². The van der Waals surface area contributed by atoms with Gasteiger partial charge in [0.1, 0.15) is 6.04 Å². The van der Waals surface area contributed by atoms with Crippen LogP contribution in [0.4, 0.5) is 0 Å². The molecule has 0 saturated carbocycles. The van der Waals surface area contributed by atoms with E-state index in [9.17, 15) is 9.59 Å². The zero-order chi connectivity index (χ0) is 22.5. The van der Waals surface area contributed by atoms with Crippen LogP contribution >= 0.6 is 0 Å². The second kappa shape index (κ2) is 7.87. The van der Waals surface area contributed by atoms with Gasteiger partial charge < -0.3 is 9.64 Å². The lowest BCUT2D eigenvalue weighted by Crippen LogP contribution is -2.64. The molecule has 1 fully saturated rings. The summed E-state index contributed by atoms with van der Waals surface area (Å²) in [6, 6.07) is 9.54. The van der Waals surface area contributed by atoms with Crippen LogP contribution in [0.5, 0.6) is 0 Å². The highest BCUT2D eigenvalue weighted by Crippen LogP contribution is 2.50. The van der Waals surface area contributed by atoms with E-state index in [0.29, 0.717) is 17.8 Å². The van der Waals surface area contributed by atoms with Crippen molar-refractivity contribution in [1.82, 2.24) is 4.90 Å². The second-order valence-electron chi connectivity index (χ2n) is 9.42. The molecule has 0 N–H and O–H groups in total. The van der Waals surface area contributed by atoms with E-state index in [1.165, 1.54) is 23.6 Å². The first-order valence-electron chi connectivity index (χ1n) is 11.8. The second-order valence-corrected chi connectivity index (χ2v) is 9.42. The number of amides is 1. The monoisotopic (exact) mass is 437 g/mol. The van der Waals surface area contributed by atoms with Gasteiger partial charge in [0.25, 0.3) is 5.91 Å². The standard InChI is InChI=1S/C29H27NO3/c1-18(31)33-28-27(20-9-3-2-4-10-20)30(29(28)32)26-13-7-12-22-24-15-14-19-8-5-6-11-21(19)23(24)16-17-25(22)26/h2-11,13-15,17,19,22,24,26-28H,12,16H2,1H3/t19?,22?,24?,26?,27-,28-/m1/s1. The summed E-state index contributed by atoms with van der Waals surface area (Å²) in [5.41, 5.74) is 5.26. The predicted molar refractivity (Wildman–Crippen MR) is 127 cm³/mol. The van der Waals surface area contributed by atoms with Crippen molar-refractivity contribution in [2.45, 2.75) is 38.0 Å². The Hall–Kier alpha value is -3.40. The van der Waals surface area contributed by atoms with Crippen LogP contribution in [0.25, 0.3) is 0 Å². The van der Waals surface area contributed by atoms with Crippen molar-refractivity contribution in [2.75, 3.05) is 0 Å². The summed E-state index contributed by atoms with van der Waals surface area (Å²) >= 11 is 0. The Kier molecular flexibility index (Phi) is 4.83. The Morgan fingerprint density at radius 3 is 2.73 bits per heavy atom. The van der Waals surface area contributed by atoms with Gasteiger partial charge in [0.15, 0.2) is 0 Å². The Bertz CT molecular complexity index is 1180. The number of fused-ring (bicyclic) bond motifs is 4. The molecule has 0 aromatic heterocycles. The van der Waals surface area contributed by atoms with Gasteiger partial charge in [0, 0.05) is 18.8 Å². The maximum absolute atomic E-state index is 13.3. The number of esters is 1. The third-order valence-electron chi connectivity index (χ3n) is 7.65. The smallest absolute Gasteiger partial charge is 0.303 e. The van der Waals surface area contributed by atoms with Gasteiger partial charge in [-0.3, -0.25) is 9.59 Å². The topological polar surface area (TPSA) is 46.6 Å². The first-order valence-corrected chi connectivity index (χ1v) is 11.8. The molecule has 1 amide bonds. The molecule has 4 aliphatic carbocycles. The van der Waals surface area contributed by atoms with Crippen LogP contribution in [0.3, 0.4) is 0 Å². The van der Waals surface area contributed by atoms with Crippen LogP contribution in [0.1, 0.15) is 31.4 Å². The van der Waals surface area contributed by atoms with E-state index in [4.69, 9.17) is 4.74 Å². The molecule has 4 heteroatoms. The summed E-state index contributed by atoms with van der Waals surface area (Å²) in [6.45, 7) is 1.37. The van der Waals surface area contributed by atoms with Gasteiger partial charge in [0.05, 0.1) is 6.04 Å². The number of carbonyl (C=O) groups excluding carboxylic acids is 2. The van der Waals surface area contributed by atoms with Crippen LogP contribution in [0, 0.1) is 17.8 Å². The van der Waals surface area contributed by atoms with E-state index in [-0.39, 0.29) is 18.0 Å². The van der Waals surface area contributed by atoms with Crippen LogP contribution in [0.15, 0.2) is 102 Å². The highest BCUT2D eigenvalue weighted by Gasteiger charge is 2.54. The molecule has 6 rings (SSSR count). The van der Waals surface area contributed by atoms with Gasteiger partial charge in [-0.05, 0) is 35.5 Å². The molecule has 1 aliphatic heterocycles. The quantitative estimate of drug-likeness (QED) is 0.380. The van der Waals surface area contributed by atoms with Crippen molar-refractivity contribution in [2.24, 2.45) is 17.8 Å². The lowest BCUT2D eigenvalue weighted by molar-refractivity contribution is -0.184. The van der Waals surface area contributed by atoms with Crippen molar-refractivity contribution in [3.05, 3.63) is 107 Å². The van der Waals surface area contributed by atoms with Crippen molar-refractivity contribution in [3.8, 4) is 0 Å². The predicted octanol–water partition coefficient (Wildman–Crippen LogP) is 5.00. The fraction of sp³-hybridized carbons (Fsp3) is 0.310. The molecule has 4 unspecified atom stereocenters. The number of benzene rings is 1. The molecular weight excluding hydrogens is 410 g/mol. The molecule has 4 nitrogen and oxygen atoms in total. The summed E-state index contributed by atoms with van der Waals surface area (Å²) in [5, 5.41) is 0. The largest absolute Gasteiger partial charge is 0.450 e. The average Bonchev–Trinajstić information content (AvgIpc) is 2.85. The summed E-state index contributed by atoms with van der Waals surface area (Å²) in [4.78, 5) is 26.9. The number of β-lactam (4-membered cyclic amide) rings is 1. The lowest BCUT2D eigenvalue weighted by atomic mass is 9.64. The molecule has 0 radical (unpaired) electrons. The SMILES string of the molecule is CC(=O)O[C@H]1C(=O)N(C2C=CCC3C2=CCC2=C4C=CC=CC4C=CC23)[C@@H]1c1ccccc1. The van der Waals surface area contributed by atoms with Crippen LogP contribution in [-0.4, -0.2) is 28.9 Å². The Morgan fingerprint density at radius 2 is 1.91 bits per heavy atom. The number of hydrogen-bond donors (Lipinski definition) is 0. The average molecular weight is 438 g/mol. The number of rotatable bonds is 3. The fourth-order valence-electron chi connectivity index (χ4n) is 6.23. The van der Waals surface area contributed by atoms with Crippen LogP contribution < -0.4 is 0 Å². The molecule has 1 aromatic carbocycles. The minimum Gasteiger partial charge on any atom is -0.450 e. The van der Waals surface area contributed by atoms with Crippen molar-refractivity contribution >= 4 is 11.9 Å². The lowest BCUT2D eigenvalue weighted by Gasteiger charge is -2.53. The first-order chi connectivity index (χ1) is 16.1. The minimum absolute atomic E-state index is 0.104. The van der Waals surface area contributed by atoms with Crippen molar-refractivity contribution in [3.63, 3.8) is 0 Å². The molecule has 0 bridgehead atoms. The highest BCUT2D eigenvalue weighted by molar-refractivity contribution is 5.91. The fourth-order valence-corrected chi connectivity index (χ4v) is 6.23. The van der Waals surface area contributed by atoms with E-state index in [1.807, 2.05) is 35.2 Å². The van der Waals surface area contributed by atoms with Gasteiger partial charge in [-0.1, -0.05) is 90.6 Å². The van der Waals surface area contributed by atoms with Crippen molar-refractivity contribution < 1.29 is 14.3 Å². The number of ether oxygens (including phenoxy) is 1. The summed E-state index contributed by atoms with van der Waals surface area (Å²) in [5.74, 6) is 0.574. The van der Waals surface area contributed by atoms with Gasteiger partial charge in [-0.25, -0.2) is 0 Å². The first kappa shape index (κ1) is 20.2. The number of likely N-dealkylation sites (tertiary alicyclic amines) is 1. The summed E-state index contributed by atoms with van der Waals surface area (Å²) in [7, 11) is 0. The maximum atomic E-state index is 13.3. The van der Waals surface area contributed by atoms with E-state index < -0.39 is 12.1 Å². The number of nitrogens with zero attached hydrogens (tertiary/aromatic N) is 1. The van der Waals surface area contributed by atoms with E-state index >= 15 is 0 Å².